The zero-order chi connectivity index (χ0) is 20.5. The first kappa shape index (κ1) is 20.6. The molecule has 1 aromatic heterocycles. The molecule has 1 heterocycles. The summed E-state index contributed by atoms with van der Waals surface area (Å²) in [4.78, 5) is 33.4. The molecule has 28 heavy (non-hydrogen) atoms. The second kappa shape index (κ2) is 9.83. The van der Waals surface area contributed by atoms with E-state index in [1.54, 1.807) is 19.1 Å². The highest BCUT2D eigenvalue weighted by molar-refractivity contribution is 7.80. The number of aryl methyl sites for hydroxylation is 1. The van der Waals surface area contributed by atoms with E-state index in [0.29, 0.717) is 5.76 Å². The fourth-order valence-electron chi connectivity index (χ4n) is 1.86. The molecule has 0 spiro atoms. The minimum Gasteiger partial charge on any atom is -0.484 e. The number of rotatable bonds is 6. The quantitative estimate of drug-likeness (QED) is 0.286. The van der Waals surface area contributed by atoms with Gasteiger partial charge in [-0.05, 0) is 49.5 Å². The van der Waals surface area contributed by atoms with Gasteiger partial charge < -0.3 is 9.15 Å². The maximum atomic E-state index is 11.7. The molecule has 11 heteroatoms. The lowest BCUT2D eigenvalue weighted by molar-refractivity contribution is -0.384. The molecule has 2 rings (SSSR count). The molecule has 0 unspecified atom stereocenters. The van der Waals surface area contributed by atoms with E-state index in [-0.39, 0.29) is 23.2 Å². The van der Waals surface area contributed by atoms with Crippen molar-refractivity contribution in [1.82, 2.24) is 16.2 Å². The highest BCUT2D eigenvalue weighted by Gasteiger charge is 2.07. The van der Waals surface area contributed by atoms with Gasteiger partial charge in [0.1, 0.15) is 17.3 Å². The summed E-state index contributed by atoms with van der Waals surface area (Å²) in [6.07, 6.45) is 2.70. The first-order valence-electron chi connectivity index (χ1n) is 7.85. The maximum absolute atomic E-state index is 11.7. The molecule has 0 saturated heterocycles. The van der Waals surface area contributed by atoms with Crippen molar-refractivity contribution in [3.8, 4) is 5.75 Å². The average molecular weight is 404 g/mol. The Morgan fingerprint density at radius 3 is 2.54 bits per heavy atom. The lowest BCUT2D eigenvalue weighted by atomic mass is 10.3. The summed E-state index contributed by atoms with van der Waals surface area (Å²) in [5.41, 5.74) is 4.51. The number of hydrazine groups is 1. The largest absolute Gasteiger partial charge is 0.484 e. The summed E-state index contributed by atoms with van der Waals surface area (Å²) in [5, 5.41) is 12.8. The number of hydrogen-bond donors (Lipinski definition) is 3. The van der Waals surface area contributed by atoms with Gasteiger partial charge in [-0.3, -0.25) is 35.9 Å². The minimum atomic E-state index is -0.573. The standard InChI is InChI=1S/C17H16N4O6S/c1-11-2-5-14(27-11)8-9-15(22)18-17(28)20-19-16(23)10-26-13-6-3-12(4-7-13)21(24)25/h2-9H,10H2,1H3,(H,19,23)(H2,18,20,22,28). The topological polar surface area (TPSA) is 136 Å². The average Bonchev–Trinajstić information content (AvgIpc) is 3.08. The van der Waals surface area contributed by atoms with Crippen molar-refractivity contribution in [2.24, 2.45) is 0 Å². The van der Waals surface area contributed by atoms with Crippen molar-refractivity contribution in [3.05, 3.63) is 64.1 Å². The van der Waals surface area contributed by atoms with Crippen LogP contribution >= 0.6 is 12.2 Å². The molecule has 2 aromatic rings. The van der Waals surface area contributed by atoms with Crippen molar-refractivity contribution >= 4 is 40.9 Å². The lowest BCUT2D eigenvalue weighted by Crippen LogP contribution is -2.49. The van der Waals surface area contributed by atoms with Gasteiger partial charge in [0, 0.05) is 18.2 Å². The number of furan rings is 1. The number of thiocarbonyl (C=S) groups is 1. The smallest absolute Gasteiger partial charge is 0.276 e. The predicted molar refractivity (Wildman–Crippen MR) is 103 cm³/mol. The number of carbonyl (C=O) groups is 2. The molecule has 10 nitrogen and oxygen atoms in total. The van der Waals surface area contributed by atoms with E-state index < -0.39 is 16.7 Å². The van der Waals surface area contributed by atoms with E-state index in [9.17, 15) is 19.7 Å². The number of amides is 2. The fraction of sp³-hybridized carbons (Fsp3) is 0.118. The molecule has 0 aliphatic carbocycles. The number of nitrogens with zero attached hydrogens (tertiary/aromatic N) is 1. The van der Waals surface area contributed by atoms with E-state index >= 15 is 0 Å². The second-order valence-electron chi connectivity index (χ2n) is 5.31. The van der Waals surface area contributed by atoms with Gasteiger partial charge in [0.05, 0.1) is 4.92 Å². The third-order valence-corrected chi connectivity index (χ3v) is 3.33. The van der Waals surface area contributed by atoms with Gasteiger partial charge >= 0.3 is 0 Å². The van der Waals surface area contributed by atoms with Crippen LogP contribution in [-0.4, -0.2) is 28.5 Å². The van der Waals surface area contributed by atoms with Crippen molar-refractivity contribution in [2.45, 2.75) is 6.92 Å². The van der Waals surface area contributed by atoms with E-state index in [4.69, 9.17) is 21.4 Å². The van der Waals surface area contributed by atoms with E-state index in [0.717, 1.165) is 5.76 Å². The number of nitro benzene ring substituents is 1. The van der Waals surface area contributed by atoms with Gasteiger partial charge in [-0.1, -0.05) is 0 Å². The number of ether oxygens (including phenoxy) is 1. The van der Waals surface area contributed by atoms with Gasteiger partial charge in [-0.15, -0.1) is 0 Å². The molecule has 0 atom stereocenters. The molecule has 2 amide bonds. The summed E-state index contributed by atoms with van der Waals surface area (Å²) >= 11 is 4.88. The zero-order valence-electron chi connectivity index (χ0n) is 14.6. The molecular weight excluding hydrogens is 388 g/mol. The summed E-state index contributed by atoms with van der Waals surface area (Å²) < 4.78 is 10.5. The number of non-ortho nitro benzene ring substituents is 1. The molecule has 0 aliphatic rings. The number of nitro groups is 1. The maximum Gasteiger partial charge on any atom is 0.276 e. The first-order valence-corrected chi connectivity index (χ1v) is 8.26. The van der Waals surface area contributed by atoms with E-state index in [1.807, 2.05) is 0 Å². The Labute approximate surface area is 164 Å². The van der Waals surface area contributed by atoms with Gasteiger partial charge in [0.2, 0.25) is 5.91 Å². The Kier molecular flexibility index (Phi) is 7.22. The second-order valence-corrected chi connectivity index (χ2v) is 5.72. The fourth-order valence-corrected chi connectivity index (χ4v) is 2.01. The van der Waals surface area contributed by atoms with Crippen LogP contribution in [0.4, 0.5) is 5.69 Å². The number of nitrogens with one attached hydrogen (secondary N) is 3. The van der Waals surface area contributed by atoms with Crippen LogP contribution in [0.2, 0.25) is 0 Å². The Hall–Kier alpha value is -3.73. The molecule has 3 N–H and O–H groups in total. The van der Waals surface area contributed by atoms with Crippen LogP contribution in [-0.2, 0) is 9.59 Å². The summed E-state index contributed by atoms with van der Waals surface area (Å²) in [6, 6.07) is 8.73. The summed E-state index contributed by atoms with van der Waals surface area (Å²) in [7, 11) is 0. The van der Waals surface area contributed by atoms with Gasteiger partial charge in [-0.2, -0.15) is 0 Å². The monoisotopic (exact) mass is 404 g/mol. The Morgan fingerprint density at radius 2 is 1.93 bits per heavy atom. The van der Waals surface area contributed by atoms with Gasteiger partial charge in [0.15, 0.2) is 11.7 Å². The summed E-state index contributed by atoms with van der Waals surface area (Å²) in [5.74, 6) is 0.438. The zero-order valence-corrected chi connectivity index (χ0v) is 15.4. The SMILES string of the molecule is Cc1ccc(C=CC(=O)NC(=S)NNC(=O)COc2ccc([N+](=O)[O-])cc2)o1. The normalized spacial score (nSPS) is 10.3. The summed E-state index contributed by atoms with van der Waals surface area (Å²) in [6.45, 7) is 1.42. The molecular formula is C17H16N4O6S. The Balaban J connectivity index is 1.68. The van der Waals surface area contributed by atoms with Crippen LogP contribution in [0.3, 0.4) is 0 Å². The number of hydrogen-bond acceptors (Lipinski definition) is 7. The van der Waals surface area contributed by atoms with Gasteiger partial charge in [-0.25, -0.2) is 0 Å². The van der Waals surface area contributed by atoms with Crippen LogP contribution in [0.25, 0.3) is 6.08 Å². The third-order valence-electron chi connectivity index (χ3n) is 3.13. The molecule has 0 fully saturated rings. The Morgan fingerprint density at radius 1 is 1.21 bits per heavy atom. The molecule has 146 valence electrons. The van der Waals surface area contributed by atoms with Crippen molar-refractivity contribution in [3.63, 3.8) is 0 Å². The van der Waals surface area contributed by atoms with E-state index in [2.05, 4.69) is 16.2 Å². The van der Waals surface area contributed by atoms with Crippen molar-refractivity contribution < 1.29 is 23.7 Å². The minimum absolute atomic E-state index is 0.0872. The first-order chi connectivity index (χ1) is 13.3. The highest BCUT2D eigenvalue weighted by Crippen LogP contribution is 2.17. The van der Waals surface area contributed by atoms with Crippen LogP contribution in [0.5, 0.6) is 5.75 Å². The van der Waals surface area contributed by atoms with Crippen molar-refractivity contribution in [2.75, 3.05) is 6.61 Å². The van der Waals surface area contributed by atoms with Crippen molar-refractivity contribution in [1.29, 1.82) is 0 Å². The van der Waals surface area contributed by atoms with Crippen LogP contribution in [0, 0.1) is 17.0 Å². The molecule has 0 bridgehead atoms. The lowest BCUT2D eigenvalue weighted by Gasteiger charge is -2.10. The van der Waals surface area contributed by atoms with Crippen LogP contribution < -0.4 is 20.9 Å². The van der Waals surface area contributed by atoms with Crippen LogP contribution in [0.1, 0.15) is 11.5 Å². The molecule has 1 aromatic carbocycles. The van der Waals surface area contributed by atoms with E-state index in [1.165, 1.54) is 36.4 Å². The molecule has 0 radical (unpaired) electrons. The van der Waals surface area contributed by atoms with Crippen LogP contribution in [0.15, 0.2) is 46.9 Å². The van der Waals surface area contributed by atoms with Gasteiger partial charge in [0.25, 0.3) is 11.6 Å². The predicted octanol–water partition coefficient (Wildman–Crippen LogP) is 1.61. The molecule has 0 saturated carbocycles. The molecule has 0 aliphatic heterocycles. The third kappa shape index (κ3) is 6.88. The number of carbonyl (C=O) groups excluding carboxylic acids is 2. The Bertz CT molecular complexity index is 907. The highest BCUT2D eigenvalue weighted by atomic mass is 32.1. The number of benzene rings is 1.